The average molecular weight is 680 g/mol. The minimum Gasteiger partial charge on any atom is -0.410 e. The monoisotopic (exact) mass is 679 g/mol. The van der Waals surface area contributed by atoms with Gasteiger partial charge in [0.2, 0.25) is 5.78 Å². The van der Waals surface area contributed by atoms with Crippen molar-refractivity contribution >= 4 is 34.0 Å². The summed E-state index contributed by atoms with van der Waals surface area (Å²) in [5.41, 5.74) is 1.88. The van der Waals surface area contributed by atoms with Crippen LogP contribution in [0.4, 0.5) is 4.79 Å². The summed E-state index contributed by atoms with van der Waals surface area (Å²) >= 11 is 1.49. The number of fused-ring (bicyclic) bond motifs is 9. The van der Waals surface area contributed by atoms with Crippen LogP contribution in [0.15, 0.2) is 84.4 Å². The number of aryl methyl sites for hydroxylation is 1. The number of benzene rings is 3. The van der Waals surface area contributed by atoms with Gasteiger partial charge in [0.15, 0.2) is 0 Å². The number of hydrogen-bond acceptors (Lipinski definition) is 6. The molecule has 7 heteroatoms. The van der Waals surface area contributed by atoms with Gasteiger partial charge in [0.1, 0.15) is 5.75 Å². The Kier molecular flexibility index (Phi) is 10.4. The van der Waals surface area contributed by atoms with Crippen LogP contribution in [0, 0.1) is 12.3 Å². The summed E-state index contributed by atoms with van der Waals surface area (Å²) in [5.74, 6) is 0.341. The summed E-state index contributed by atoms with van der Waals surface area (Å²) in [5, 5.41) is 25.8. The van der Waals surface area contributed by atoms with Crippen LogP contribution in [0.2, 0.25) is 0 Å². The van der Waals surface area contributed by atoms with E-state index in [1.165, 1.54) is 16.9 Å². The highest BCUT2D eigenvalue weighted by Gasteiger charge is 2.57. The molecule has 3 aliphatic rings. The van der Waals surface area contributed by atoms with Gasteiger partial charge in [-0.05, 0) is 123 Å². The molecule has 4 aromatic rings. The fraction of sp³-hybridized carbons (Fsp3) is 0.429. The van der Waals surface area contributed by atoms with Crippen LogP contribution in [0.25, 0.3) is 10.8 Å². The maximum absolute atomic E-state index is 14.2. The van der Waals surface area contributed by atoms with Gasteiger partial charge in [-0.25, -0.2) is 4.79 Å². The lowest BCUT2D eigenvalue weighted by atomic mass is 9.64. The van der Waals surface area contributed by atoms with Gasteiger partial charge in [-0.3, -0.25) is 4.79 Å². The molecule has 1 saturated carbocycles. The molecule has 0 radical (unpaired) electrons. The molecule has 258 valence electrons. The van der Waals surface area contributed by atoms with E-state index in [0.29, 0.717) is 54.8 Å². The second-order valence-electron chi connectivity index (χ2n) is 14.5. The second-order valence-corrected chi connectivity index (χ2v) is 15.8. The molecule has 4 atom stereocenters. The van der Waals surface area contributed by atoms with Crippen LogP contribution in [0.5, 0.6) is 5.75 Å². The number of thiophene rings is 1. The first-order chi connectivity index (χ1) is 23.5. The number of allylic oxidation sites excluding steroid dienone is 2. The van der Waals surface area contributed by atoms with Crippen LogP contribution < -0.4 is 4.74 Å². The Morgan fingerprint density at radius 1 is 0.980 bits per heavy atom. The molecule has 6 nitrogen and oxygen atoms in total. The van der Waals surface area contributed by atoms with Crippen molar-refractivity contribution in [3.63, 3.8) is 0 Å². The largest absolute Gasteiger partial charge is 0.415 e. The predicted molar refractivity (Wildman–Crippen MR) is 198 cm³/mol. The number of ether oxygens (including phenoxy) is 1. The minimum absolute atomic E-state index is 0.0170. The molecule has 2 bridgehead atoms. The third-order valence-corrected chi connectivity index (χ3v) is 12.0. The molecule has 3 aliphatic carbocycles. The van der Waals surface area contributed by atoms with Gasteiger partial charge in [0.25, 0.3) is 0 Å². The maximum Gasteiger partial charge on any atom is 0.415 e. The second kappa shape index (κ2) is 14.6. The number of hydrogen-bond donors (Lipinski definition) is 2. The number of carbonyl (C=O) groups excluding carboxylic acids is 2. The van der Waals surface area contributed by atoms with E-state index < -0.39 is 23.2 Å². The van der Waals surface area contributed by atoms with Gasteiger partial charge >= 0.3 is 6.09 Å². The summed E-state index contributed by atoms with van der Waals surface area (Å²) in [6.07, 6.45) is 6.51. The number of amides is 1. The van der Waals surface area contributed by atoms with Gasteiger partial charge in [0, 0.05) is 22.4 Å². The van der Waals surface area contributed by atoms with E-state index >= 15 is 0 Å². The van der Waals surface area contributed by atoms with E-state index in [9.17, 15) is 19.8 Å². The van der Waals surface area contributed by atoms with Crippen molar-refractivity contribution in [3.05, 3.63) is 111 Å². The Morgan fingerprint density at radius 3 is 2.53 bits per heavy atom. The molecule has 1 heterocycles. The summed E-state index contributed by atoms with van der Waals surface area (Å²) in [4.78, 5) is 31.4. The smallest absolute Gasteiger partial charge is 0.410 e. The molecule has 7 rings (SSSR count). The van der Waals surface area contributed by atoms with Gasteiger partial charge in [-0.1, -0.05) is 68.0 Å². The number of rotatable bonds is 7. The van der Waals surface area contributed by atoms with Crippen LogP contribution >= 0.6 is 11.3 Å². The first-order valence-corrected chi connectivity index (χ1v) is 18.6. The molecule has 2 N–H and O–H groups in total. The lowest BCUT2D eigenvalue weighted by Crippen LogP contribution is -2.54. The zero-order chi connectivity index (χ0) is 34.8. The first kappa shape index (κ1) is 35.1. The predicted octanol–water partition coefficient (Wildman–Crippen LogP) is 9.39. The van der Waals surface area contributed by atoms with E-state index in [4.69, 9.17) is 4.74 Å². The lowest BCUT2D eigenvalue weighted by Gasteiger charge is -2.46. The number of aliphatic hydroxyl groups excluding tert-OH is 1. The molecule has 49 heavy (non-hydrogen) atoms. The highest BCUT2D eigenvalue weighted by molar-refractivity contribution is 7.14. The van der Waals surface area contributed by atoms with Crippen molar-refractivity contribution in [2.75, 3.05) is 13.1 Å². The number of carbonyl (C=O) groups is 2. The zero-order valence-corrected chi connectivity index (χ0v) is 30.0. The number of aliphatic hydroxyl groups is 2. The van der Waals surface area contributed by atoms with E-state index in [0.717, 1.165) is 46.0 Å². The van der Waals surface area contributed by atoms with E-state index in [-0.39, 0.29) is 18.2 Å². The van der Waals surface area contributed by atoms with Crippen LogP contribution in [-0.4, -0.2) is 51.8 Å². The fourth-order valence-corrected chi connectivity index (χ4v) is 8.92. The highest BCUT2D eigenvalue weighted by atomic mass is 32.1. The quantitative estimate of drug-likeness (QED) is 0.150. The third-order valence-electron chi connectivity index (χ3n) is 11.0. The summed E-state index contributed by atoms with van der Waals surface area (Å²) < 4.78 is 5.94. The van der Waals surface area contributed by atoms with Crippen molar-refractivity contribution < 1.29 is 24.5 Å². The standard InChI is InChI=1S/C42H49NO5S/c1-5-23-43(40(46)48-34-17-15-31-10-6-7-11-32(31)26-34)27-42(47)22-20-37-35-18-14-30(25-36(35)39(45)38-19-13-29(3)49-38)24-33(44)16-12-28(2)9-8-21-41(37,42)4/h6-7,9-11,13-15,17-19,25-26,33,37,44,47H,5,8,12,16,20-24,27H2,1-4H3/t33-,37-,41-,42+/m0/s1. The van der Waals surface area contributed by atoms with Gasteiger partial charge in [-0.15, -0.1) is 11.3 Å². The molecule has 0 saturated heterocycles. The molecular weight excluding hydrogens is 631 g/mol. The molecule has 0 unspecified atom stereocenters. The minimum atomic E-state index is -1.22. The van der Waals surface area contributed by atoms with Crippen LogP contribution in [0.3, 0.4) is 0 Å². The topological polar surface area (TPSA) is 87.1 Å². The van der Waals surface area contributed by atoms with Crippen molar-refractivity contribution in [2.24, 2.45) is 5.41 Å². The number of ketones is 1. The van der Waals surface area contributed by atoms with E-state index in [2.05, 4.69) is 26.0 Å². The van der Waals surface area contributed by atoms with Gasteiger partial charge in [0.05, 0.1) is 23.1 Å². The molecule has 1 fully saturated rings. The maximum atomic E-state index is 14.2. The first-order valence-electron chi connectivity index (χ1n) is 17.8. The molecule has 0 spiro atoms. The Morgan fingerprint density at radius 2 is 1.78 bits per heavy atom. The molecule has 3 aromatic carbocycles. The van der Waals surface area contributed by atoms with Crippen molar-refractivity contribution in [1.29, 1.82) is 0 Å². The van der Waals surface area contributed by atoms with Gasteiger partial charge in [-0.2, -0.15) is 0 Å². The SMILES string of the molecule is CCCN(C[C@]1(O)CC[C@H]2c3ccc(cc3C(=O)c3ccc(C)s3)C[C@@H](O)CCC(C)=CCC[C@@]21C)C(=O)Oc1ccc2ccccc2c1. The lowest BCUT2D eigenvalue weighted by molar-refractivity contribution is -0.0790. The normalized spacial score (nSPS) is 24.2. The van der Waals surface area contributed by atoms with Gasteiger partial charge < -0.3 is 19.8 Å². The van der Waals surface area contributed by atoms with Crippen molar-refractivity contribution in [2.45, 2.75) is 96.7 Å². The third kappa shape index (κ3) is 7.40. The van der Waals surface area contributed by atoms with E-state index in [1.807, 2.05) is 80.6 Å². The van der Waals surface area contributed by atoms with E-state index in [1.54, 1.807) is 4.90 Å². The van der Waals surface area contributed by atoms with Crippen LogP contribution in [-0.2, 0) is 6.42 Å². The highest BCUT2D eigenvalue weighted by Crippen LogP contribution is 2.59. The Hall–Kier alpha value is -3.78. The van der Waals surface area contributed by atoms with Crippen molar-refractivity contribution in [3.8, 4) is 5.75 Å². The van der Waals surface area contributed by atoms with Crippen molar-refractivity contribution in [1.82, 2.24) is 4.90 Å². The molecule has 0 aliphatic heterocycles. The Bertz CT molecular complexity index is 1860. The fourth-order valence-electron chi connectivity index (χ4n) is 8.10. The molecule has 1 aromatic heterocycles. The summed E-state index contributed by atoms with van der Waals surface area (Å²) in [6, 6.07) is 23.6. The average Bonchev–Trinajstić information content (AvgIpc) is 3.63. The Labute approximate surface area is 294 Å². The molecular formula is C42H49NO5S. The molecule has 1 amide bonds. The zero-order valence-electron chi connectivity index (χ0n) is 29.2. The Balaban J connectivity index is 1.36. The number of nitrogens with zero attached hydrogens (tertiary/aromatic N) is 1. The summed E-state index contributed by atoms with van der Waals surface area (Å²) in [6.45, 7) is 8.88. The summed E-state index contributed by atoms with van der Waals surface area (Å²) in [7, 11) is 0. The van der Waals surface area contributed by atoms with Crippen LogP contribution in [0.1, 0.15) is 103 Å².